The van der Waals surface area contributed by atoms with Crippen molar-refractivity contribution in [2.45, 2.75) is 32.3 Å². The molecule has 196 valence electrons. The molecule has 1 aromatic heterocycles. The fraction of sp³-hybridized carbons (Fsp3) is 0.214. The molecule has 1 unspecified atom stereocenters. The summed E-state index contributed by atoms with van der Waals surface area (Å²) in [6.07, 6.45) is 0. The van der Waals surface area contributed by atoms with Crippen molar-refractivity contribution in [2.24, 2.45) is 5.41 Å². The zero-order valence-corrected chi connectivity index (χ0v) is 22.0. The first kappa shape index (κ1) is 26.7. The second-order valence-electron chi connectivity index (χ2n) is 9.87. The van der Waals surface area contributed by atoms with Crippen LogP contribution in [0.15, 0.2) is 94.5 Å². The topological polar surface area (TPSA) is 121 Å². The number of alkyl halides is 1. The van der Waals surface area contributed by atoms with E-state index in [2.05, 4.69) is 5.32 Å². The molecule has 0 saturated heterocycles. The van der Waals surface area contributed by atoms with E-state index in [0.29, 0.717) is 15.9 Å². The van der Waals surface area contributed by atoms with Crippen LogP contribution in [0.5, 0.6) is 0 Å². The van der Waals surface area contributed by atoms with E-state index in [1.165, 1.54) is 6.07 Å². The molecule has 1 heterocycles. The fourth-order valence-corrected chi connectivity index (χ4v) is 4.57. The lowest BCUT2D eigenvalue weighted by Gasteiger charge is -2.30. The molecule has 0 saturated carbocycles. The van der Waals surface area contributed by atoms with Crippen molar-refractivity contribution in [3.05, 3.63) is 111 Å². The number of benzene rings is 3. The van der Waals surface area contributed by atoms with Crippen molar-refractivity contribution in [1.82, 2.24) is 13.9 Å². The summed E-state index contributed by atoms with van der Waals surface area (Å²) in [4.78, 5) is 52.7. The third kappa shape index (κ3) is 4.92. The number of nitrogen functional groups attached to an aromatic ring is 1. The van der Waals surface area contributed by atoms with Crippen LogP contribution in [0.3, 0.4) is 0 Å². The van der Waals surface area contributed by atoms with Crippen LogP contribution in [-0.2, 0) is 21.1 Å². The number of rotatable bonds is 7. The minimum atomic E-state index is -2.70. The van der Waals surface area contributed by atoms with Crippen LogP contribution in [0, 0.1) is 5.41 Å². The first-order chi connectivity index (χ1) is 17.9. The van der Waals surface area contributed by atoms with E-state index in [9.17, 15) is 19.2 Å². The van der Waals surface area contributed by atoms with Gasteiger partial charge in [0.25, 0.3) is 10.9 Å². The highest BCUT2D eigenvalue weighted by Gasteiger charge is 2.53. The maximum Gasteiger partial charge on any atom is 0.354 e. The van der Waals surface area contributed by atoms with Crippen LogP contribution in [0.1, 0.15) is 26.3 Å². The Kier molecular flexibility index (Phi) is 7.15. The molecule has 0 aliphatic carbocycles. The highest BCUT2D eigenvalue weighted by molar-refractivity contribution is 6.45. The number of ketones is 1. The van der Waals surface area contributed by atoms with Gasteiger partial charge in [0.15, 0.2) is 5.78 Å². The maximum absolute atomic E-state index is 14.0. The first-order valence-electron chi connectivity index (χ1n) is 11.9. The van der Waals surface area contributed by atoms with Gasteiger partial charge in [-0.15, -0.1) is 0 Å². The van der Waals surface area contributed by atoms with E-state index < -0.39 is 33.5 Å². The molecule has 0 bridgehead atoms. The Bertz CT molecular complexity index is 1600. The Morgan fingerprint density at radius 1 is 0.868 bits per heavy atom. The number of para-hydroxylation sites is 1. The average molecular weight is 534 g/mol. The molecular weight excluding hydrogens is 506 g/mol. The summed E-state index contributed by atoms with van der Waals surface area (Å²) in [5.41, 5.74) is 4.48. The minimum absolute atomic E-state index is 0.00960. The van der Waals surface area contributed by atoms with Gasteiger partial charge in [-0.25, -0.2) is 18.8 Å². The number of Topliss-reactive ketones (excluding diaryl/α,β-unsaturated/α-hetero) is 1. The zero-order chi connectivity index (χ0) is 27.7. The second-order valence-corrected chi connectivity index (χ2v) is 10.4. The molecule has 1 amide bonds. The quantitative estimate of drug-likeness (QED) is 0.214. The summed E-state index contributed by atoms with van der Waals surface area (Å²) >= 11 is 6.87. The molecule has 3 N–H and O–H groups in total. The van der Waals surface area contributed by atoms with Crippen molar-refractivity contribution in [1.29, 1.82) is 0 Å². The molecule has 0 fully saturated rings. The number of carbonyl (C=O) groups excluding carboxylic acids is 2. The van der Waals surface area contributed by atoms with Crippen LogP contribution in [-0.4, -0.2) is 25.6 Å². The van der Waals surface area contributed by atoms with E-state index in [1.54, 1.807) is 93.6 Å². The van der Waals surface area contributed by atoms with E-state index >= 15 is 0 Å². The Hall–Kier alpha value is -4.37. The standard InChI is InChI=1S/C28H28ClN5O4/c1-27(2,3)23(35)28(29,24(36)31-21-14-10-13-20(30)17-21)33-25(37)32(18-19-11-6-4-7-12-19)34(26(33)38)22-15-8-5-9-16-22/h4-17H,18,30H2,1-3H3,(H,31,36). The van der Waals surface area contributed by atoms with Gasteiger partial charge in [-0.05, 0) is 35.9 Å². The van der Waals surface area contributed by atoms with Gasteiger partial charge in [-0.3, -0.25) is 9.59 Å². The Morgan fingerprint density at radius 3 is 2.05 bits per heavy atom. The molecule has 10 heteroatoms. The molecule has 0 aliphatic rings. The van der Waals surface area contributed by atoms with Crippen LogP contribution in [0.25, 0.3) is 5.69 Å². The molecule has 0 radical (unpaired) electrons. The van der Waals surface area contributed by atoms with Crippen molar-refractivity contribution < 1.29 is 9.59 Å². The average Bonchev–Trinajstić information content (AvgIpc) is 3.12. The summed E-state index contributed by atoms with van der Waals surface area (Å²) in [5.74, 6) is -1.88. The Morgan fingerprint density at radius 2 is 1.47 bits per heavy atom. The fourth-order valence-electron chi connectivity index (χ4n) is 4.09. The number of aromatic nitrogens is 3. The third-order valence-corrected chi connectivity index (χ3v) is 6.45. The molecule has 0 spiro atoms. The van der Waals surface area contributed by atoms with Gasteiger partial charge < -0.3 is 11.1 Å². The van der Waals surface area contributed by atoms with Gasteiger partial charge in [0.05, 0.1) is 12.2 Å². The highest BCUT2D eigenvalue weighted by Crippen LogP contribution is 2.33. The van der Waals surface area contributed by atoms with Gasteiger partial charge >= 0.3 is 11.4 Å². The number of nitrogens with one attached hydrogen (secondary N) is 1. The molecule has 0 aliphatic heterocycles. The Labute approximate surface area is 224 Å². The van der Waals surface area contributed by atoms with Gasteiger partial charge in [-0.2, -0.15) is 4.68 Å². The number of carbonyl (C=O) groups is 2. The van der Waals surface area contributed by atoms with Crippen molar-refractivity contribution in [3.63, 3.8) is 0 Å². The lowest BCUT2D eigenvalue weighted by Crippen LogP contribution is -2.58. The monoisotopic (exact) mass is 533 g/mol. The zero-order valence-electron chi connectivity index (χ0n) is 21.2. The van der Waals surface area contributed by atoms with Gasteiger partial charge in [0.2, 0.25) is 0 Å². The lowest BCUT2D eigenvalue weighted by atomic mass is 9.85. The molecule has 1 atom stereocenters. The lowest BCUT2D eigenvalue weighted by molar-refractivity contribution is -0.138. The summed E-state index contributed by atoms with van der Waals surface area (Å²) in [6, 6.07) is 23.7. The molecular formula is C28H28ClN5O4. The largest absolute Gasteiger partial charge is 0.399 e. The summed E-state index contributed by atoms with van der Waals surface area (Å²) in [6.45, 7) is 4.66. The predicted octanol–water partition coefficient (Wildman–Crippen LogP) is 3.58. The Balaban J connectivity index is 1.98. The van der Waals surface area contributed by atoms with Crippen LogP contribution in [0.2, 0.25) is 0 Å². The number of nitrogens with zero attached hydrogens (tertiary/aromatic N) is 3. The SMILES string of the molecule is CC(C)(C)C(=O)C(Cl)(C(=O)Nc1cccc(N)c1)n1c(=O)n(Cc2ccccc2)n(-c2ccccc2)c1=O. The smallest absolute Gasteiger partial charge is 0.354 e. The molecule has 38 heavy (non-hydrogen) atoms. The third-order valence-electron chi connectivity index (χ3n) is 5.94. The number of nitrogens with two attached hydrogens (primary N) is 1. The van der Waals surface area contributed by atoms with Crippen LogP contribution >= 0.6 is 11.6 Å². The minimum Gasteiger partial charge on any atom is -0.399 e. The van der Waals surface area contributed by atoms with Crippen LogP contribution in [0.4, 0.5) is 11.4 Å². The van der Waals surface area contributed by atoms with E-state index in [1.807, 2.05) is 6.07 Å². The van der Waals surface area contributed by atoms with Gasteiger partial charge in [0, 0.05) is 16.8 Å². The highest BCUT2D eigenvalue weighted by atomic mass is 35.5. The second kappa shape index (κ2) is 10.2. The number of amides is 1. The van der Waals surface area contributed by atoms with Crippen LogP contribution < -0.4 is 22.4 Å². The number of anilines is 2. The number of hydrogen-bond donors (Lipinski definition) is 2. The van der Waals surface area contributed by atoms with Crippen molar-refractivity contribution in [3.8, 4) is 5.69 Å². The number of halogens is 1. The molecule has 4 aromatic rings. The van der Waals surface area contributed by atoms with E-state index in [-0.39, 0.29) is 12.2 Å². The predicted molar refractivity (Wildman–Crippen MR) is 148 cm³/mol. The molecule has 3 aromatic carbocycles. The van der Waals surface area contributed by atoms with Crippen molar-refractivity contribution >= 4 is 34.7 Å². The van der Waals surface area contributed by atoms with Gasteiger partial charge in [0.1, 0.15) is 0 Å². The number of hydrogen-bond acceptors (Lipinski definition) is 5. The normalized spacial score (nSPS) is 13.1. The molecule has 9 nitrogen and oxygen atoms in total. The summed E-state index contributed by atoms with van der Waals surface area (Å²) in [7, 11) is 0. The molecule has 4 rings (SSSR count). The first-order valence-corrected chi connectivity index (χ1v) is 12.3. The van der Waals surface area contributed by atoms with E-state index in [4.69, 9.17) is 17.3 Å². The van der Waals surface area contributed by atoms with Gasteiger partial charge in [-0.1, -0.05) is 87.0 Å². The van der Waals surface area contributed by atoms with Crippen molar-refractivity contribution in [2.75, 3.05) is 11.1 Å². The van der Waals surface area contributed by atoms with E-state index in [0.717, 1.165) is 14.9 Å². The summed E-state index contributed by atoms with van der Waals surface area (Å²) < 4.78 is 2.81. The maximum atomic E-state index is 14.0. The summed E-state index contributed by atoms with van der Waals surface area (Å²) in [5, 5.41) is 2.56.